The van der Waals surface area contributed by atoms with Crippen molar-refractivity contribution >= 4 is 12.4 Å². The molecule has 0 saturated carbocycles. The second kappa shape index (κ2) is 10.1. The van der Waals surface area contributed by atoms with Gasteiger partial charge < -0.3 is 10.1 Å². The van der Waals surface area contributed by atoms with E-state index in [1.807, 2.05) is 30.3 Å². The minimum absolute atomic E-state index is 0. The number of ether oxygens (including phenoxy) is 1. The lowest BCUT2D eigenvalue weighted by Gasteiger charge is -2.20. The van der Waals surface area contributed by atoms with Crippen molar-refractivity contribution in [1.29, 1.82) is 0 Å². The van der Waals surface area contributed by atoms with Crippen molar-refractivity contribution in [2.75, 3.05) is 13.2 Å². The molecule has 2 nitrogen and oxygen atoms in total. The highest BCUT2D eigenvalue weighted by Gasteiger charge is 2.06. The summed E-state index contributed by atoms with van der Waals surface area (Å²) in [6, 6.07) is 10.0. The van der Waals surface area contributed by atoms with Crippen LogP contribution in [-0.2, 0) is 0 Å². The van der Waals surface area contributed by atoms with Crippen molar-refractivity contribution in [3.63, 3.8) is 0 Å². The zero-order valence-corrected chi connectivity index (χ0v) is 13.3. The molecule has 0 aliphatic rings. The number of hydrogen-bond acceptors (Lipinski definition) is 2. The van der Waals surface area contributed by atoms with Gasteiger partial charge in [0.2, 0.25) is 0 Å². The largest absolute Gasteiger partial charge is 0.494 e. The molecule has 0 aliphatic carbocycles. The van der Waals surface area contributed by atoms with E-state index in [1.165, 1.54) is 19.3 Å². The fourth-order valence-electron chi connectivity index (χ4n) is 1.75. The van der Waals surface area contributed by atoms with Gasteiger partial charge in [0.05, 0.1) is 6.61 Å². The minimum Gasteiger partial charge on any atom is -0.494 e. The van der Waals surface area contributed by atoms with Gasteiger partial charge in [0.25, 0.3) is 0 Å². The zero-order valence-electron chi connectivity index (χ0n) is 12.4. The van der Waals surface area contributed by atoms with Gasteiger partial charge in [-0.2, -0.15) is 0 Å². The minimum atomic E-state index is 0. The van der Waals surface area contributed by atoms with Crippen molar-refractivity contribution in [1.82, 2.24) is 5.32 Å². The van der Waals surface area contributed by atoms with Gasteiger partial charge in [-0.1, -0.05) is 31.0 Å². The van der Waals surface area contributed by atoms with E-state index in [0.29, 0.717) is 0 Å². The van der Waals surface area contributed by atoms with E-state index in [0.717, 1.165) is 25.3 Å². The molecule has 110 valence electrons. The van der Waals surface area contributed by atoms with Crippen LogP contribution >= 0.6 is 12.4 Å². The average molecular weight is 286 g/mol. The van der Waals surface area contributed by atoms with E-state index in [9.17, 15) is 0 Å². The predicted octanol–water partition coefficient (Wildman–Crippen LogP) is 4.44. The van der Waals surface area contributed by atoms with E-state index < -0.39 is 0 Å². The number of nitrogens with one attached hydrogen (secondary N) is 1. The van der Waals surface area contributed by atoms with E-state index in [-0.39, 0.29) is 17.9 Å². The SMILES string of the molecule is CC(C)(C)NCCCCCCOc1ccccc1.Cl. The Morgan fingerprint density at radius 1 is 0.947 bits per heavy atom. The van der Waals surface area contributed by atoms with Crippen molar-refractivity contribution in [3.8, 4) is 5.75 Å². The van der Waals surface area contributed by atoms with Crippen LogP contribution in [-0.4, -0.2) is 18.7 Å². The second-order valence-electron chi connectivity index (χ2n) is 5.75. The van der Waals surface area contributed by atoms with Crippen LogP contribution < -0.4 is 10.1 Å². The monoisotopic (exact) mass is 285 g/mol. The van der Waals surface area contributed by atoms with Crippen molar-refractivity contribution < 1.29 is 4.74 Å². The molecule has 0 atom stereocenters. The summed E-state index contributed by atoms with van der Waals surface area (Å²) in [6.07, 6.45) is 4.92. The Bertz CT molecular complexity index is 308. The zero-order chi connectivity index (χ0) is 13.3. The third-order valence-electron chi connectivity index (χ3n) is 2.74. The van der Waals surface area contributed by atoms with Crippen LogP contribution in [0.2, 0.25) is 0 Å². The fourth-order valence-corrected chi connectivity index (χ4v) is 1.75. The summed E-state index contributed by atoms with van der Waals surface area (Å²) in [5, 5.41) is 3.51. The quantitative estimate of drug-likeness (QED) is 0.713. The first-order valence-corrected chi connectivity index (χ1v) is 7.01. The molecule has 1 aromatic carbocycles. The van der Waals surface area contributed by atoms with Crippen LogP contribution in [0.3, 0.4) is 0 Å². The van der Waals surface area contributed by atoms with Gasteiger partial charge in [0, 0.05) is 5.54 Å². The Labute approximate surface area is 124 Å². The maximum absolute atomic E-state index is 5.65. The summed E-state index contributed by atoms with van der Waals surface area (Å²) < 4.78 is 5.65. The maximum atomic E-state index is 5.65. The molecule has 0 bridgehead atoms. The Hall–Kier alpha value is -0.730. The Balaban J connectivity index is 0.00000324. The van der Waals surface area contributed by atoms with Crippen LogP contribution in [0.5, 0.6) is 5.75 Å². The molecule has 0 saturated heterocycles. The standard InChI is InChI=1S/C16H27NO.ClH/c1-16(2,3)17-13-9-4-5-10-14-18-15-11-7-6-8-12-15;/h6-8,11-12,17H,4-5,9-10,13-14H2,1-3H3;1H. The number of halogens is 1. The van der Waals surface area contributed by atoms with E-state index >= 15 is 0 Å². The first-order chi connectivity index (χ1) is 8.58. The number of para-hydroxylation sites is 1. The summed E-state index contributed by atoms with van der Waals surface area (Å²) in [5.41, 5.74) is 0.246. The molecule has 0 aromatic heterocycles. The van der Waals surface area contributed by atoms with Crippen LogP contribution in [0.1, 0.15) is 46.5 Å². The highest BCUT2D eigenvalue weighted by Crippen LogP contribution is 2.09. The summed E-state index contributed by atoms with van der Waals surface area (Å²) in [7, 11) is 0. The van der Waals surface area contributed by atoms with Crippen LogP contribution in [0.25, 0.3) is 0 Å². The summed E-state index contributed by atoms with van der Waals surface area (Å²) >= 11 is 0. The highest BCUT2D eigenvalue weighted by molar-refractivity contribution is 5.85. The van der Waals surface area contributed by atoms with Gasteiger partial charge >= 0.3 is 0 Å². The lowest BCUT2D eigenvalue weighted by Crippen LogP contribution is -2.36. The lowest BCUT2D eigenvalue weighted by molar-refractivity contribution is 0.303. The molecule has 3 heteroatoms. The Morgan fingerprint density at radius 3 is 2.21 bits per heavy atom. The normalized spacial score (nSPS) is 10.9. The van der Waals surface area contributed by atoms with Gasteiger partial charge in [0.15, 0.2) is 0 Å². The highest BCUT2D eigenvalue weighted by atomic mass is 35.5. The van der Waals surface area contributed by atoms with E-state index in [4.69, 9.17) is 4.74 Å². The van der Waals surface area contributed by atoms with E-state index in [1.54, 1.807) is 0 Å². The molecule has 1 aromatic rings. The van der Waals surface area contributed by atoms with Crippen molar-refractivity contribution in [2.24, 2.45) is 0 Å². The van der Waals surface area contributed by atoms with Crippen LogP contribution in [0.4, 0.5) is 0 Å². The molecule has 0 amide bonds. The molecule has 0 fully saturated rings. The topological polar surface area (TPSA) is 21.3 Å². The van der Waals surface area contributed by atoms with Crippen LogP contribution in [0, 0.1) is 0 Å². The Kier molecular flexibility index (Phi) is 9.72. The number of rotatable bonds is 8. The molecule has 0 radical (unpaired) electrons. The first kappa shape index (κ1) is 18.3. The lowest BCUT2D eigenvalue weighted by atomic mass is 10.1. The molecule has 1 rings (SSSR count). The number of hydrogen-bond donors (Lipinski definition) is 1. The molecular weight excluding hydrogens is 258 g/mol. The van der Waals surface area contributed by atoms with Crippen molar-refractivity contribution in [3.05, 3.63) is 30.3 Å². The second-order valence-corrected chi connectivity index (χ2v) is 5.75. The fraction of sp³-hybridized carbons (Fsp3) is 0.625. The molecular formula is C16H28ClNO. The van der Waals surface area contributed by atoms with E-state index in [2.05, 4.69) is 26.1 Å². The number of benzene rings is 1. The molecule has 1 N–H and O–H groups in total. The third kappa shape index (κ3) is 10.8. The van der Waals surface area contributed by atoms with Gasteiger partial charge in [-0.25, -0.2) is 0 Å². The summed E-state index contributed by atoms with van der Waals surface area (Å²) in [6.45, 7) is 8.57. The molecule has 19 heavy (non-hydrogen) atoms. The van der Waals surface area contributed by atoms with Crippen LogP contribution in [0.15, 0.2) is 30.3 Å². The third-order valence-corrected chi connectivity index (χ3v) is 2.74. The molecule has 0 unspecified atom stereocenters. The number of unbranched alkanes of at least 4 members (excludes halogenated alkanes) is 3. The average Bonchev–Trinajstić information content (AvgIpc) is 2.32. The smallest absolute Gasteiger partial charge is 0.119 e. The Morgan fingerprint density at radius 2 is 1.58 bits per heavy atom. The van der Waals surface area contributed by atoms with Gasteiger partial charge in [-0.05, 0) is 52.3 Å². The molecule has 0 aliphatic heterocycles. The predicted molar refractivity (Wildman–Crippen MR) is 85.4 cm³/mol. The molecule has 0 spiro atoms. The molecule has 0 heterocycles. The van der Waals surface area contributed by atoms with Gasteiger partial charge in [0.1, 0.15) is 5.75 Å². The van der Waals surface area contributed by atoms with Crippen molar-refractivity contribution in [2.45, 2.75) is 52.0 Å². The summed E-state index contributed by atoms with van der Waals surface area (Å²) in [4.78, 5) is 0. The van der Waals surface area contributed by atoms with Gasteiger partial charge in [-0.15, -0.1) is 12.4 Å². The first-order valence-electron chi connectivity index (χ1n) is 7.01. The summed E-state index contributed by atoms with van der Waals surface area (Å²) in [5.74, 6) is 0.979. The maximum Gasteiger partial charge on any atom is 0.119 e. The van der Waals surface area contributed by atoms with Gasteiger partial charge in [-0.3, -0.25) is 0 Å².